The smallest absolute Gasteiger partial charge is 0.327 e. The van der Waals surface area contributed by atoms with Gasteiger partial charge < -0.3 is 19.9 Å². The van der Waals surface area contributed by atoms with E-state index in [2.05, 4.69) is 5.32 Å². The van der Waals surface area contributed by atoms with Crippen LogP contribution in [0.25, 0.3) is 0 Å². The van der Waals surface area contributed by atoms with E-state index in [0.29, 0.717) is 0 Å². The van der Waals surface area contributed by atoms with Crippen LogP contribution in [0.5, 0.6) is 0 Å². The fraction of sp³-hybridized carbons (Fsp3) is 0.474. The molecule has 1 aromatic rings. The number of aliphatic carboxylic acids is 1. The van der Waals surface area contributed by atoms with Crippen molar-refractivity contribution in [1.29, 1.82) is 0 Å². The van der Waals surface area contributed by atoms with Crippen LogP contribution in [0.3, 0.4) is 0 Å². The highest BCUT2D eigenvalue weighted by atomic mass is 16.5. The van der Waals surface area contributed by atoms with Gasteiger partial charge in [0.1, 0.15) is 6.04 Å². The Morgan fingerprint density at radius 2 is 1.56 bits per heavy atom. The maximum Gasteiger partial charge on any atom is 0.327 e. The number of esters is 2. The van der Waals surface area contributed by atoms with Gasteiger partial charge in [0, 0.05) is 5.56 Å². The van der Waals surface area contributed by atoms with Crippen LogP contribution in [0, 0.1) is 19.8 Å². The molecule has 148 valence electrons. The minimum Gasteiger partial charge on any atom is -0.480 e. The van der Waals surface area contributed by atoms with Crippen molar-refractivity contribution in [2.75, 3.05) is 13.2 Å². The van der Waals surface area contributed by atoms with E-state index >= 15 is 0 Å². The lowest BCUT2D eigenvalue weighted by Gasteiger charge is -2.23. The minimum absolute atomic E-state index is 0.00944. The Morgan fingerprint density at radius 1 is 1.00 bits per heavy atom. The van der Waals surface area contributed by atoms with E-state index in [1.54, 1.807) is 39.8 Å². The first kappa shape index (κ1) is 22.1. The lowest BCUT2D eigenvalue weighted by atomic mass is 9.95. The number of carboxylic acid groups (broad SMARTS) is 1. The molecule has 0 saturated heterocycles. The average molecular weight is 379 g/mol. The van der Waals surface area contributed by atoms with Crippen LogP contribution < -0.4 is 5.32 Å². The predicted octanol–water partition coefficient (Wildman–Crippen LogP) is 1.62. The van der Waals surface area contributed by atoms with Crippen molar-refractivity contribution in [2.24, 2.45) is 5.92 Å². The molecule has 0 aromatic heterocycles. The normalized spacial score (nSPS) is 12.6. The van der Waals surface area contributed by atoms with Gasteiger partial charge in [-0.15, -0.1) is 0 Å². The van der Waals surface area contributed by atoms with Crippen molar-refractivity contribution in [2.45, 2.75) is 40.2 Å². The number of ether oxygens (including phenoxy) is 2. The van der Waals surface area contributed by atoms with Gasteiger partial charge in [0.15, 0.2) is 0 Å². The highest BCUT2D eigenvalue weighted by Crippen LogP contribution is 2.16. The molecule has 2 N–H and O–H groups in total. The quantitative estimate of drug-likeness (QED) is 0.626. The summed E-state index contributed by atoms with van der Waals surface area (Å²) in [6.45, 7) is 6.86. The van der Waals surface area contributed by atoms with Gasteiger partial charge in [-0.3, -0.25) is 14.4 Å². The van der Waals surface area contributed by atoms with Gasteiger partial charge in [0.2, 0.25) is 0 Å². The van der Waals surface area contributed by atoms with Crippen molar-refractivity contribution >= 4 is 23.8 Å². The zero-order valence-corrected chi connectivity index (χ0v) is 15.9. The molecule has 1 amide bonds. The molecular weight excluding hydrogens is 354 g/mol. The Morgan fingerprint density at radius 3 is 2.04 bits per heavy atom. The molecular formula is C19H25NO7. The second-order valence-electron chi connectivity index (χ2n) is 6.03. The number of carbonyl (C=O) groups excluding carboxylic acids is 3. The Kier molecular flexibility index (Phi) is 8.44. The van der Waals surface area contributed by atoms with E-state index in [0.717, 1.165) is 11.1 Å². The highest BCUT2D eigenvalue weighted by Gasteiger charge is 2.38. The molecule has 0 heterocycles. The number of hydrogen-bond acceptors (Lipinski definition) is 6. The zero-order chi connectivity index (χ0) is 20.6. The van der Waals surface area contributed by atoms with Gasteiger partial charge in [0.05, 0.1) is 25.6 Å². The summed E-state index contributed by atoms with van der Waals surface area (Å²) in [5.74, 6) is -5.15. The molecule has 27 heavy (non-hydrogen) atoms. The molecule has 0 bridgehead atoms. The van der Waals surface area contributed by atoms with E-state index in [1.807, 2.05) is 6.07 Å². The number of aryl methyl sites for hydroxylation is 2. The Labute approximate surface area is 157 Å². The number of carboxylic acids is 1. The monoisotopic (exact) mass is 379 g/mol. The summed E-state index contributed by atoms with van der Waals surface area (Å²) in [5, 5.41) is 11.9. The number of rotatable bonds is 9. The molecule has 0 unspecified atom stereocenters. The van der Waals surface area contributed by atoms with E-state index in [1.165, 1.54) is 0 Å². The van der Waals surface area contributed by atoms with Crippen LogP contribution in [-0.4, -0.2) is 48.2 Å². The Hall–Kier alpha value is -2.90. The Bertz CT molecular complexity index is 694. The zero-order valence-electron chi connectivity index (χ0n) is 15.9. The van der Waals surface area contributed by atoms with E-state index < -0.39 is 42.2 Å². The average Bonchev–Trinajstić information content (AvgIpc) is 2.57. The molecule has 0 radical (unpaired) electrons. The molecule has 0 aliphatic rings. The molecule has 8 nitrogen and oxygen atoms in total. The van der Waals surface area contributed by atoms with Crippen LogP contribution in [0.4, 0.5) is 0 Å². The van der Waals surface area contributed by atoms with Gasteiger partial charge in [0.25, 0.3) is 5.91 Å². The number of benzene rings is 1. The molecule has 0 saturated carbocycles. The number of carbonyl (C=O) groups is 4. The standard InChI is InChI=1S/C19H25NO7/c1-5-26-15(21)10-14(19(25)27-6-2)16(18(23)24)20-17(22)13-8-11(3)7-12(4)9-13/h7-9,14,16H,5-6,10H2,1-4H3,(H,20,22)(H,23,24)/t14-,16-/m0/s1. The van der Waals surface area contributed by atoms with Gasteiger partial charge >= 0.3 is 17.9 Å². The second kappa shape index (κ2) is 10.3. The maximum atomic E-state index is 12.5. The van der Waals surface area contributed by atoms with Crippen molar-refractivity contribution in [3.05, 3.63) is 34.9 Å². The molecule has 1 aromatic carbocycles. The van der Waals surface area contributed by atoms with Crippen LogP contribution in [0.1, 0.15) is 41.8 Å². The summed E-state index contributed by atoms with van der Waals surface area (Å²) < 4.78 is 9.68. The molecule has 0 fully saturated rings. The predicted molar refractivity (Wildman–Crippen MR) is 96.2 cm³/mol. The van der Waals surface area contributed by atoms with Gasteiger partial charge in [-0.05, 0) is 39.8 Å². The van der Waals surface area contributed by atoms with E-state index in [4.69, 9.17) is 9.47 Å². The third kappa shape index (κ3) is 6.73. The van der Waals surface area contributed by atoms with E-state index in [9.17, 15) is 24.3 Å². The van der Waals surface area contributed by atoms with Crippen LogP contribution in [-0.2, 0) is 23.9 Å². The summed E-state index contributed by atoms with van der Waals surface area (Å²) in [5.41, 5.74) is 1.93. The summed E-state index contributed by atoms with van der Waals surface area (Å²) in [6.07, 6.45) is -0.517. The first-order valence-corrected chi connectivity index (χ1v) is 8.63. The van der Waals surface area contributed by atoms with Gasteiger partial charge in [-0.1, -0.05) is 17.2 Å². The fourth-order valence-corrected chi connectivity index (χ4v) is 2.65. The number of hydrogen-bond donors (Lipinski definition) is 2. The largest absolute Gasteiger partial charge is 0.480 e. The van der Waals surface area contributed by atoms with Crippen molar-refractivity contribution < 1.29 is 33.8 Å². The summed E-state index contributed by atoms with van der Waals surface area (Å²) in [6, 6.07) is 3.44. The second-order valence-corrected chi connectivity index (χ2v) is 6.03. The number of amides is 1. The summed E-state index contributed by atoms with van der Waals surface area (Å²) in [7, 11) is 0. The minimum atomic E-state index is -1.64. The Balaban J connectivity index is 3.11. The molecule has 2 atom stereocenters. The molecule has 0 aliphatic carbocycles. The highest BCUT2D eigenvalue weighted by molar-refractivity contribution is 5.98. The molecule has 8 heteroatoms. The van der Waals surface area contributed by atoms with Gasteiger partial charge in [-0.2, -0.15) is 0 Å². The number of nitrogens with one attached hydrogen (secondary N) is 1. The van der Waals surface area contributed by atoms with Crippen molar-refractivity contribution in [3.63, 3.8) is 0 Å². The molecule has 0 spiro atoms. The maximum absolute atomic E-state index is 12.5. The lowest BCUT2D eigenvalue weighted by molar-refractivity contribution is -0.159. The third-order valence-electron chi connectivity index (χ3n) is 3.72. The lowest BCUT2D eigenvalue weighted by Crippen LogP contribution is -2.49. The first-order chi connectivity index (χ1) is 12.7. The topological polar surface area (TPSA) is 119 Å². The first-order valence-electron chi connectivity index (χ1n) is 8.63. The SMILES string of the molecule is CCOC(=O)C[C@H](C(=O)OCC)[C@H](NC(=O)c1cc(C)cc(C)c1)C(=O)O. The van der Waals surface area contributed by atoms with Gasteiger partial charge in [-0.25, -0.2) is 4.79 Å². The fourth-order valence-electron chi connectivity index (χ4n) is 2.65. The summed E-state index contributed by atoms with van der Waals surface area (Å²) in [4.78, 5) is 48.2. The van der Waals surface area contributed by atoms with Crippen molar-refractivity contribution in [3.8, 4) is 0 Å². The van der Waals surface area contributed by atoms with Crippen molar-refractivity contribution in [1.82, 2.24) is 5.32 Å². The van der Waals surface area contributed by atoms with Crippen LogP contribution >= 0.6 is 0 Å². The van der Waals surface area contributed by atoms with Crippen LogP contribution in [0.15, 0.2) is 18.2 Å². The molecule has 0 aliphatic heterocycles. The van der Waals surface area contributed by atoms with Crippen LogP contribution in [0.2, 0.25) is 0 Å². The van der Waals surface area contributed by atoms with E-state index in [-0.39, 0.29) is 18.8 Å². The third-order valence-corrected chi connectivity index (χ3v) is 3.72. The summed E-state index contributed by atoms with van der Waals surface area (Å²) >= 11 is 0. The molecule has 1 rings (SSSR count).